The average Bonchev–Trinajstić information content (AvgIpc) is 3.41. The molecule has 0 fully saturated rings. The molecule has 1 N–H and O–H groups in total. The van der Waals surface area contributed by atoms with Gasteiger partial charge in [0.1, 0.15) is 17.1 Å². The Morgan fingerprint density at radius 2 is 2.06 bits per heavy atom. The molecule has 0 aliphatic heterocycles. The number of hydrogen-bond acceptors (Lipinski definition) is 5. The van der Waals surface area contributed by atoms with Gasteiger partial charge in [0.25, 0.3) is 0 Å². The molecule has 0 unspecified atom stereocenters. The largest absolute Gasteiger partial charge is 0.481 e. The van der Waals surface area contributed by atoms with Gasteiger partial charge in [-0.25, -0.2) is 4.52 Å². The van der Waals surface area contributed by atoms with Gasteiger partial charge in [-0.15, -0.1) is 0 Å². The lowest BCUT2D eigenvalue weighted by atomic mass is 9.92. The number of aryl methyl sites for hydroxylation is 2. The molecule has 0 radical (unpaired) electrons. The first-order valence-electron chi connectivity index (χ1n) is 10.7. The Balaban J connectivity index is 1.98. The first-order valence-corrected chi connectivity index (χ1v) is 10.7. The van der Waals surface area contributed by atoms with Crippen molar-refractivity contribution in [2.45, 2.75) is 46.0 Å². The Hall–Kier alpha value is -3.92. The summed E-state index contributed by atoms with van der Waals surface area (Å²) >= 11 is 0. The lowest BCUT2D eigenvalue weighted by Crippen LogP contribution is -2.07. The van der Waals surface area contributed by atoms with E-state index in [1.807, 2.05) is 35.7 Å². The van der Waals surface area contributed by atoms with Crippen LogP contribution in [0.5, 0.6) is 0 Å². The van der Waals surface area contributed by atoms with E-state index >= 15 is 0 Å². The third-order valence-electron chi connectivity index (χ3n) is 5.56. The number of aliphatic carboxylic acids is 1. The van der Waals surface area contributed by atoms with Crippen LogP contribution in [0, 0.1) is 18.3 Å². The minimum atomic E-state index is -0.799. The zero-order valence-electron chi connectivity index (χ0n) is 18.1. The molecule has 7 heteroatoms. The van der Waals surface area contributed by atoms with Gasteiger partial charge in [-0.1, -0.05) is 24.2 Å². The molecule has 0 saturated heterocycles. The number of aromatic nitrogens is 3. The van der Waals surface area contributed by atoms with Gasteiger partial charge in [0.05, 0.1) is 17.1 Å². The van der Waals surface area contributed by atoms with Gasteiger partial charge < -0.3 is 9.63 Å². The van der Waals surface area contributed by atoms with Crippen LogP contribution in [-0.2, 0) is 17.6 Å². The highest BCUT2D eigenvalue weighted by Gasteiger charge is 2.21. The summed E-state index contributed by atoms with van der Waals surface area (Å²) in [6.45, 7) is 3.92. The number of fused-ring (bicyclic) bond motifs is 1. The summed E-state index contributed by atoms with van der Waals surface area (Å²) in [5.74, 6) is -0.109. The molecule has 1 aromatic carbocycles. The highest BCUT2D eigenvalue weighted by molar-refractivity contribution is 5.87. The van der Waals surface area contributed by atoms with Crippen molar-refractivity contribution in [3.8, 4) is 28.6 Å². The van der Waals surface area contributed by atoms with E-state index in [9.17, 15) is 10.1 Å². The van der Waals surface area contributed by atoms with Crippen LogP contribution < -0.4 is 0 Å². The van der Waals surface area contributed by atoms with Crippen LogP contribution in [0.15, 0.2) is 47.0 Å². The molecule has 0 aliphatic rings. The highest BCUT2D eigenvalue weighted by atomic mass is 16.5. The molecule has 4 rings (SSSR count). The molecule has 3 heterocycles. The minimum absolute atomic E-state index is 0.123. The van der Waals surface area contributed by atoms with Crippen LogP contribution in [-0.4, -0.2) is 25.8 Å². The third-order valence-corrected chi connectivity index (χ3v) is 5.56. The van der Waals surface area contributed by atoms with Crippen LogP contribution in [0.4, 0.5) is 0 Å². The van der Waals surface area contributed by atoms with Gasteiger partial charge in [0.2, 0.25) is 0 Å². The fraction of sp³-hybridized carbons (Fsp3) is 0.280. The van der Waals surface area contributed by atoms with Crippen LogP contribution >= 0.6 is 0 Å². The zero-order chi connectivity index (χ0) is 22.7. The standard InChI is InChI=1S/C25H24N4O3/c1-3-19-11-12-22-24(18-8-6-7-17(14-18)15-26)20(9-4-5-10-23(30)31)25(27-29(19)22)21-13-16(2)32-28-21/h6-8,11-14H,3-5,9-10H2,1-2H3,(H,30,31). The first-order chi connectivity index (χ1) is 15.5. The monoisotopic (exact) mass is 428 g/mol. The molecule has 32 heavy (non-hydrogen) atoms. The van der Waals surface area contributed by atoms with E-state index in [4.69, 9.17) is 14.7 Å². The van der Waals surface area contributed by atoms with E-state index in [-0.39, 0.29) is 6.42 Å². The molecule has 0 atom stereocenters. The van der Waals surface area contributed by atoms with Crippen LogP contribution in [0.2, 0.25) is 0 Å². The Morgan fingerprint density at radius 1 is 1.22 bits per heavy atom. The minimum Gasteiger partial charge on any atom is -0.481 e. The maximum atomic E-state index is 11.0. The van der Waals surface area contributed by atoms with Crippen LogP contribution in [0.1, 0.15) is 48.8 Å². The Bertz CT molecular complexity index is 1330. The number of carbonyl (C=O) groups is 1. The van der Waals surface area contributed by atoms with E-state index in [1.54, 1.807) is 6.07 Å². The van der Waals surface area contributed by atoms with Crippen molar-refractivity contribution in [3.63, 3.8) is 0 Å². The summed E-state index contributed by atoms with van der Waals surface area (Å²) in [4.78, 5) is 11.0. The first kappa shape index (κ1) is 21.3. The Labute approximate surface area is 185 Å². The molecule has 0 aliphatic carbocycles. The molecule has 0 amide bonds. The Kier molecular flexibility index (Phi) is 6.04. The molecule has 7 nitrogen and oxygen atoms in total. The van der Waals surface area contributed by atoms with E-state index in [0.29, 0.717) is 42.0 Å². The predicted molar refractivity (Wildman–Crippen MR) is 120 cm³/mol. The number of carboxylic acid groups (broad SMARTS) is 1. The molecule has 3 aromatic heterocycles. The fourth-order valence-electron chi connectivity index (χ4n) is 4.05. The number of hydrogen-bond donors (Lipinski definition) is 1. The second-order valence-electron chi connectivity index (χ2n) is 7.79. The molecule has 4 aromatic rings. The lowest BCUT2D eigenvalue weighted by molar-refractivity contribution is -0.137. The molecule has 162 valence electrons. The second kappa shape index (κ2) is 9.06. The van der Waals surface area contributed by atoms with E-state index in [1.165, 1.54) is 0 Å². The number of nitrogens with zero attached hydrogens (tertiary/aromatic N) is 4. The van der Waals surface area contributed by atoms with Gasteiger partial charge >= 0.3 is 5.97 Å². The summed E-state index contributed by atoms with van der Waals surface area (Å²) in [5.41, 5.74) is 6.85. The number of benzene rings is 1. The van der Waals surface area contributed by atoms with Crippen molar-refractivity contribution in [1.29, 1.82) is 5.26 Å². The van der Waals surface area contributed by atoms with Gasteiger partial charge in [-0.05, 0) is 68.0 Å². The summed E-state index contributed by atoms with van der Waals surface area (Å²) < 4.78 is 7.28. The fourth-order valence-corrected chi connectivity index (χ4v) is 4.05. The number of nitriles is 1. The number of carboxylic acids is 1. The molecule has 0 saturated carbocycles. The van der Waals surface area contributed by atoms with E-state index < -0.39 is 5.97 Å². The smallest absolute Gasteiger partial charge is 0.303 e. The topological polar surface area (TPSA) is 104 Å². The molecular weight excluding hydrogens is 404 g/mol. The van der Waals surface area contributed by atoms with E-state index in [2.05, 4.69) is 30.3 Å². The highest BCUT2D eigenvalue weighted by Crippen LogP contribution is 2.36. The van der Waals surface area contributed by atoms with Crippen molar-refractivity contribution in [3.05, 3.63) is 65.0 Å². The summed E-state index contributed by atoms with van der Waals surface area (Å²) in [6, 6.07) is 15.7. The molecule has 0 spiro atoms. The molecule has 0 bridgehead atoms. The summed E-state index contributed by atoms with van der Waals surface area (Å²) in [7, 11) is 0. The van der Waals surface area contributed by atoms with Crippen molar-refractivity contribution < 1.29 is 14.4 Å². The van der Waals surface area contributed by atoms with Crippen molar-refractivity contribution in [1.82, 2.24) is 14.8 Å². The van der Waals surface area contributed by atoms with Crippen LogP contribution in [0.25, 0.3) is 28.0 Å². The zero-order valence-corrected chi connectivity index (χ0v) is 18.1. The lowest BCUT2D eigenvalue weighted by Gasteiger charge is -2.17. The number of rotatable bonds is 8. The number of unbranched alkanes of at least 4 members (excludes halogenated alkanes) is 1. The van der Waals surface area contributed by atoms with Gasteiger partial charge in [0, 0.05) is 23.7 Å². The second-order valence-corrected chi connectivity index (χ2v) is 7.79. The average molecular weight is 428 g/mol. The van der Waals surface area contributed by atoms with Crippen molar-refractivity contribution in [2.24, 2.45) is 0 Å². The van der Waals surface area contributed by atoms with Gasteiger partial charge in [-0.3, -0.25) is 4.79 Å². The van der Waals surface area contributed by atoms with Crippen molar-refractivity contribution >= 4 is 11.5 Å². The summed E-state index contributed by atoms with van der Waals surface area (Å²) in [6.07, 6.45) is 2.83. The predicted octanol–water partition coefficient (Wildman–Crippen LogP) is 5.20. The quantitative estimate of drug-likeness (QED) is 0.387. The third kappa shape index (κ3) is 4.12. The normalized spacial score (nSPS) is 11.0. The van der Waals surface area contributed by atoms with Gasteiger partial charge in [-0.2, -0.15) is 10.4 Å². The van der Waals surface area contributed by atoms with Crippen molar-refractivity contribution in [2.75, 3.05) is 0 Å². The SMILES string of the molecule is CCc1ccc2c(-c3cccc(C#N)c3)c(CCCCC(=O)O)c(-c3cc(C)on3)nn12. The van der Waals surface area contributed by atoms with Gasteiger partial charge in [0.15, 0.2) is 0 Å². The maximum Gasteiger partial charge on any atom is 0.303 e. The summed E-state index contributed by atoms with van der Waals surface area (Å²) in [5, 5.41) is 27.7. The van der Waals surface area contributed by atoms with Crippen LogP contribution in [0.3, 0.4) is 0 Å². The van der Waals surface area contributed by atoms with E-state index in [0.717, 1.165) is 34.3 Å². The Morgan fingerprint density at radius 3 is 2.75 bits per heavy atom. The molecular formula is C25H24N4O3. The maximum absolute atomic E-state index is 11.0.